The molecule has 6 rings (SSSR count). The number of nitro benzene ring substituents is 2. The van der Waals surface area contributed by atoms with E-state index in [-0.39, 0.29) is 60.4 Å². The molecule has 212 valence electrons. The van der Waals surface area contributed by atoms with E-state index >= 15 is 0 Å². The maximum absolute atomic E-state index is 13.0. The fraction of sp³-hybridized carbons (Fsp3) is 0.480. The van der Waals surface area contributed by atoms with Crippen LogP contribution >= 0.6 is 0 Å². The predicted octanol–water partition coefficient (Wildman–Crippen LogP) is 1.56. The molecule has 0 amide bonds. The monoisotopic (exact) mass is 560 g/mol. The van der Waals surface area contributed by atoms with Gasteiger partial charge in [-0.3, -0.25) is 20.2 Å². The Balaban J connectivity index is 1.27. The van der Waals surface area contributed by atoms with Gasteiger partial charge < -0.3 is 38.6 Å². The van der Waals surface area contributed by atoms with Crippen LogP contribution in [0.15, 0.2) is 36.4 Å². The first-order valence-electron chi connectivity index (χ1n) is 12.5. The molecule has 0 unspecified atom stereocenters. The molecule has 0 bridgehead atoms. The van der Waals surface area contributed by atoms with Crippen LogP contribution in [0.3, 0.4) is 0 Å². The maximum atomic E-state index is 13.0. The molecular formula is C25H24N2O13. The van der Waals surface area contributed by atoms with Gasteiger partial charge in [-0.25, -0.2) is 4.79 Å². The minimum absolute atomic E-state index is 0.0371. The molecule has 15 heteroatoms. The van der Waals surface area contributed by atoms with E-state index in [0.717, 1.165) is 0 Å². The summed E-state index contributed by atoms with van der Waals surface area (Å²) in [4.78, 5) is 34.7. The van der Waals surface area contributed by atoms with E-state index in [4.69, 9.17) is 28.4 Å². The summed E-state index contributed by atoms with van der Waals surface area (Å²) in [6.07, 6.45) is -5.36. The quantitative estimate of drug-likeness (QED) is 0.223. The second-order valence-electron chi connectivity index (χ2n) is 9.95. The molecule has 2 aromatic carbocycles. The fourth-order valence-electron chi connectivity index (χ4n) is 5.76. The standard InChI is InChI=1S/C25H24N2O13/c28-17-9-37-21-15(7-35-23(17)21)13-5-11(26(31)32)1-3-19(13)39-25(30)40-20-4-2-12(27(33)34)6-14(20)16-8-36-24-18(29)10-38-22(16)24/h1-6,15-18,21-24,28-29H,7-10H2/t15-,16-,17+,18+,21+,22+,23+,24+/m0/s1. The molecule has 0 aliphatic carbocycles. The second kappa shape index (κ2) is 10.3. The minimum Gasteiger partial charge on any atom is -0.394 e. The molecule has 4 heterocycles. The van der Waals surface area contributed by atoms with Crippen molar-refractivity contribution in [3.63, 3.8) is 0 Å². The van der Waals surface area contributed by atoms with E-state index in [1.54, 1.807) is 0 Å². The van der Waals surface area contributed by atoms with Gasteiger partial charge in [-0.1, -0.05) is 0 Å². The highest BCUT2D eigenvalue weighted by Gasteiger charge is 2.50. The third-order valence-electron chi connectivity index (χ3n) is 7.65. The lowest BCUT2D eigenvalue weighted by Crippen LogP contribution is -2.29. The Labute approximate surface area is 225 Å². The second-order valence-corrected chi connectivity index (χ2v) is 9.95. The molecule has 0 saturated carbocycles. The van der Waals surface area contributed by atoms with Crippen molar-refractivity contribution in [3.05, 3.63) is 67.8 Å². The predicted molar refractivity (Wildman–Crippen MR) is 129 cm³/mol. The van der Waals surface area contributed by atoms with Crippen LogP contribution in [0.2, 0.25) is 0 Å². The van der Waals surface area contributed by atoms with E-state index in [1.165, 1.54) is 36.4 Å². The number of hydrogen-bond donors (Lipinski definition) is 2. The molecule has 8 atom stereocenters. The van der Waals surface area contributed by atoms with Gasteiger partial charge in [0.05, 0.1) is 48.5 Å². The number of benzene rings is 2. The van der Waals surface area contributed by atoms with Crippen molar-refractivity contribution in [1.82, 2.24) is 0 Å². The number of aliphatic hydroxyl groups is 2. The summed E-state index contributed by atoms with van der Waals surface area (Å²) < 4.78 is 33.5. The number of rotatable bonds is 6. The zero-order chi connectivity index (χ0) is 28.1. The Morgan fingerprint density at radius 3 is 1.50 bits per heavy atom. The lowest BCUT2D eigenvalue weighted by Gasteiger charge is -2.20. The Bertz CT molecular complexity index is 1250. The van der Waals surface area contributed by atoms with Gasteiger partial charge in [0, 0.05) is 47.2 Å². The summed E-state index contributed by atoms with van der Waals surface area (Å²) in [5.41, 5.74) is 0.0314. The van der Waals surface area contributed by atoms with Crippen LogP contribution in [-0.4, -0.2) is 89.3 Å². The molecule has 0 spiro atoms. The zero-order valence-electron chi connectivity index (χ0n) is 20.7. The SMILES string of the molecule is O=C(Oc1ccc([N+](=O)[O-])cc1[C@@H]1CO[C@H]2[C@@H]1OC[C@H]2O)Oc1ccc([N+](=O)[O-])cc1[C@@H]1CO[C@H]2[C@@H]1OC[C@H]2O. The van der Waals surface area contributed by atoms with Gasteiger partial charge in [0.25, 0.3) is 11.4 Å². The molecule has 4 aliphatic heterocycles. The number of carbonyl (C=O) groups excluding carboxylic acids is 1. The molecule has 2 aromatic rings. The molecule has 4 fully saturated rings. The number of non-ortho nitro benzene ring substituents is 2. The van der Waals surface area contributed by atoms with Gasteiger partial charge in [-0.2, -0.15) is 0 Å². The van der Waals surface area contributed by atoms with Crippen molar-refractivity contribution in [2.24, 2.45) is 0 Å². The first-order chi connectivity index (χ1) is 19.2. The summed E-state index contributed by atoms with van der Waals surface area (Å²) in [6.45, 7) is 0.216. The van der Waals surface area contributed by atoms with E-state index in [1.807, 2.05) is 0 Å². The Morgan fingerprint density at radius 2 is 1.10 bits per heavy atom. The number of fused-ring (bicyclic) bond motifs is 2. The number of nitro groups is 2. The molecule has 4 saturated heterocycles. The zero-order valence-corrected chi connectivity index (χ0v) is 20.7. The first kappa shape index (κ1) is 26.5. The van der Waals surface area contributed by atoms with E-state index in [9.17, 15) is 35.2 Å². The number of hydrogen-bond acceptors (Lipinski definition) is 13. The highest BCUT2D eigenvalue weighted by molar-refractivity contribution is 5.69. The number of ether oxygens (including phenoxy) is 6. The molecule has 0 radical (unpaired) electrons. The third kappa shape index (κ3) is 4.66. The van der Waals surface area contributed by atoms with Crippen molar-refractivity contribution in [1.29, 1.82) is 0 Å². The van der Waals surface area contributed by atoms with Crippen LogP contribution < -0.4 is 9.47 Å². The summed E-state index contributed by atoms with van der Waals surface area (Å²) in [6, 6.07) is 7.35. The van der Waals surface area contributed by atoms with Crippen molar-refractivity contribution in [2.45, 2.75) is 48.5 Å². The molecule has 15 nitrogen and oxygen atoms in total. The van der Waals surface area contributed by atoms with E-state index in [0.29, 0.717) is 0 Å². The summed E-state index contributed by atoms with van der Waals surface area (Å²) in [5.74, 6) is -1.22. The van der Waals surface area contributed by atoms with Crippen molar-refractivity contribution in [3.8, 4) is 11.5 Å². The average Bonchev–Trinajstić information content (AvgIpc) is 3.69. The first-order valence-corrected chi connectivity index (χ1v) is 12.5. The Morgan fingerprint density at radius 1 is 0.700 bits per heavy atom. The lowest BCUT2D eigenvalue weighted by molar-refractivity contribution is -0.385. The molecule has 40 heavy (non-hydrogen) atoms. The van der Waals surface area contributed by atoms with Crippen LogP contribution in [0.25, 0.3) is 0 Å². The third-order valence-corrected chi connectivity index (χ3v) is 7.65. The molecule has 2 N–H and O–H groups in total. The number of aliphatic hydroxyl groups excluding tert-OH is 2. The topological polar surface area (TPSA) is 199 Å². The summed E-state index contributed by atoms with van der Waals surface area (Å²) in [5, 5.41) is 43.1. The smallest absolute Gasteiger partial charge is 0.394 e. The molecule has 4 aliphatic rings. The van der Waals surface area contributed by atoms with Gasteiger partial charge in [0.15, 0.2) is 0 Å². The van der Waals surface area contributed by atoms with Gasteiger partial charge in [-0.05, 0) is 12.1 Å². The fourth-order valence-corrected chi connectivity index (χ4v) is 5.76. The summed E-state index contributed by atoms with van der Waals surface area (Å²) in [7, 11) is 0. The van der Waals surface area contributed by atoms with Crippen LogP contribution in [-0.2, 0) is 18.9 Å². The highest BCUT2D eigenvalue weighted by Crippen LogP contribution is 2.44. The van der Waals surface area contributed by atoms with Gasteiger partial charge >= 0.3 is 6.16 Å². The highest BCUT2D eigenvalue weighted by atomic mass is 16.7. The van der Waals surface area contributed by atoms with E-state index in [2.05, 4.69) is 0 Å². The van der Waals surface area contributed by atoms with Crippen LogP contribution in [0.4, 0.5) is 16.2 Å². The normalized spacial score (nSPS) is 32.5. The number of nitrogens with zero attached hydrogens (tertiary/aromatic N) is 2. The Hall–Kier alpha value is -3.73. The average molecular weight is 560 g/mol. The van der Waals surface area contributed by atoms with E-state index < -0.39 is 64.5 Å². The van der Waals surface area contributed by atoms with Crippen LogP contribution in [0, 0.1) is 20.2 Å². The molecule has 0 aromatic heterocycles. The minimum atomic E-state index is -1.20. The van der Waals surface area contributed by atoms with Crippen molar-refractivity contribution >= 4 is 17.5 Å². The maximum Gasteiger partial charge on any atom is 0.519 e. The van der Waals surface area contributed by atoms with Crippen LogP contribution in [0.5, 0.6) is 11.5 Å². The number of carbonyl (C=O) groups is 1. The van der Waals surface area contributed by atoms with Gasteiger partial charge in [0.1, 0.15) is 35.9 Å². The van der Waals surface area contributed by atoms with Crippen LogP contribution in [0.1, 0.15) is 23.0 Å². The van der Waals surface area contributed by atoms with Crippen molar-refractivity contribution in [2.75, 3.05) is 26.4 Å². The lowest BCUT2D eigenvalue weighted by atomic mass is 9.92. The Kier molecular flexibility index (Phi) is 6.85. The largest absolute Gasteiger partial charge is 0.519 e. The molecular weight excluding hydrogens is 536 g/mol. The summed E-state index contributed by atoms with van der Waals surface area (Å²) >= 11 is 0. The van der Waals surface area contributed by atoms with Gasteiger partial charge in [-0.15, -0.1) is 0 Å². The van der Waals surface area contributed by atoms with Gasteiger partial charge in [0.2, 0.25) is 0 Å². The van der Waals surface area contributed by atoms with Crippen molar-refractivity contribution < 1.29 is 53.3 Å².